The van der Waals surface area contributed by atoms with Crippen molar-refractivity contribution in [3.05, 3.63) is 47.0 Å². The van der Waals surface area contributed by atoms with Gasteiger partial charge in [0.15, 0.2) is 0 Å². The first kappa shape index (κ1) is 11.8. The predicted octanol–water partition coefficient (Wildman–Crippen LogP) is 1.71. The van der Waals surface area contributed by atoms with E-state index in [1.54, 1.807) is 10.9 Å². The predicted molar refractivity (Wildman–Crippen MR) is 65.6 cm³/mol. The van der Waals surface area contributed by atoms with Crippen LogP contribution in [0, 0.1) is 13.8 Å². The van der Waals surface area contributed by atoms with Gasteiger partial charge in [-0.1, -0.05) is 6.07 Å². The second-order valence-electron chi connectivity index (χ2n) is 4.38. The van der Waals surface area contributed by atoms with Crippen molar-refractivity contribution in [2.75, 3.05) is 0 Å². The molecule has 0 spiro atoms. The average molecular weight is 231 g/mol. The van der Waals surface area contributed by atoms with Crippen molar-refractivity contribution >= 4 is 0 Å². The van der Waals surface area contributed by atoms with Gasteiger partial charge in [-0.2, -0.15) is 5.10 Å². The van der Waals surface area contributed by atoms with Gasteiger partial charge in [-0.15, -0.1) is 0 Å². The maximum atomic E-state index is 10.1. The van der Waals surface area contributed by atoms with Crippen molar-refractivity contribution in [1.82, 2.24) is 14.8 Å². The number of nitrogens with zero attached hydrogens (tertiary/aromatic N) is 3. The second kappa shape index (κ2) is 4.67. The van der Waals surface area contributed by atoms with Crippen LogP contribution < -0.4 is 0 Å². The molecule has 17 heavy (non-hydrogen) atoms. The van der Waals surface area contributed by atoms with Crippen molar-refractivity contribution in [1.29, 1.82) is 0 Å². The SMILES string of the molecule is Cc1ccc(C(O)Cc2cc(C)nn2C)nc1. The van der Waals surface area contributed by atoms with E-state index in [9.17, 15) is 5.11 Å². The summed E-state index contributed by atoms with van der Waals surface area (Å²) < 4.78 is 1.80. The third kappa shape index (κ3) is 2.71. The molecule has 1 N–H and O–H groups in total. The number of pyridine rings is 1. The third-order valence-corrected chi connectivity index (χ3v) is 2.78. The zero-order valence-electron chi connectivity index (χ0n) is 10.4. The molecule has 0 aromatic carbocycles. The Balaban J connectivity index is 2.13. The van der Waals surface area contributed by atoms with E-state index >= 15 is 0 Å². The Hall–Kier alpha value is -1.68. The summed E-state index contributed by atoms with van der Waals surface area (Å²) in [5, 5.41) is 14.4. The normalized spacial score (nSPS) is 12.7. The van der Waals surface area contributed by atoms with Gasteiger partial charge in [-0.05, 0) is 31.5 Å². The molecule has 0 saturated carbocycles. The molecule has 0 amide bonds. The van der Waals surface area contributed by atoms with Gasteiger partial charge in [0, 0.05) is 25.4 Å². The lowest BCUT2D eigenvalue weighted by atomic mass is 10.1. The molecular weight excluding hydrogens is 214 g/mol. The zero-order chi connectivity index (χ0) is 12.4. The van der Waals surface area contributed by atoms with Crippen LogP contribution in [-0.4, -0.2) is 19.9 Å². The summed E-state index contributed by atoms with van der Waals surface area (Å²) in [6.07, 6.45) is 1.73. The number of aliphatic hydroxyl groups excluding tert-OH is 1. The van der Waals surface area contributed by atoms with Crippen molar-refractivity contribution < 1.29 is 5.11 Å². The summed E-state index contributed by atoms with van der Waals surface area (Å²) in [7, 11) is 1.89. The quantitative estimate of drug-likeness (QED) is 0.874. The van der Waals surface area contributed by atoms with Crippen molar-refractivity contribution in [2.45, 2.75) is 26.4 Å². The molecule has 0 aliphatic rings. The summed E-state index contributed by atoms with van der Waals surface area (Å²) >= 11 is 0. The Bertz CT molecular complexity index is 502. The van der Waals surface area contributed by atoms with E-state index in [1.807, 2.05) is 39.1 Å². The minimum atomic E-state index is -0.578. The van der Waals surface area contributed by atoms with Crippen LogP contribution in [0.25, 0.3) is 0 Å². The molecule has 0 bridgehead atoms. The molecule has 0 aliphatic heterocycles. The highest BCUT2D eigenvalue weighted by molar-refractivity contribution is 5.17. The fourth-order valence-electron chi connectivity index (χ4n) is 1.83. The largest absolute Gasteiger partial charge is 0.386 e. The lowest BCUT2D eigenvalue weighted by Gasteiger charge is -2.10. The Kier molecular flexibility index (Phi) is 3.24. The van der Waals surface area contributed by atoms with Crippen LogP contribution in [0.2, 0.25) is 0 Å². The topological polar surface area (TPSA) is 50.9 Å². The minimum Gasteiger partial charge on any atom is -0.386 e. The number of aliphatic hydroxyl groups is 1. The summed E-state index contributed by atoms with van der Waals surface area (Å²) in [4.78, 5) is 4.23. The van der Waals surface area contributed by atoms with Gasteiger partial charge in [-0.3, -0.25) is 9.67 Å². The van der Waals surface area contributed by atoms with Gasteiger partial charge in [0.25, 0.3) is 0 Å². The van der Waals surface area contributed by atoms with E-state index in [-0.39, 0.29) is 0 Å². The first-order valence-corrected chi connectivity index (χ1v) is 5.66. The molecular formula is C13H17N3O. The highest BCUT2D eigenvalue weighted by atomic mass is 16.3. The van der Waals surface area contributed by atoms with E-state index < -0.39 is 6.10 Å². The summed E-state index contributed by atoms with van der Waals surface area (Å²) in [6, 6.07) is 5.81. The van der Waals surface area contributed by atoms with Crippen LogP contribution in [0.3, 0.4) is 0 Å². The molecule has 90 valence electrons. The molecule has 2 aromatic heterocycles. The standard InChI is InChI=1S/C13H17N3O/c1-9-4-5-12(14-8-9)13(17)7-11-6-10(2)15-16(11)3/h4-6,8,13,17H,7H2,1-3H3. The van der Waals surface area contributed by atoms with Crippen molar-refractivity contribution in [3.8, 4) is 0 Å². The molecule has 2 heterocycles. The molecule has 0 aliphatic carbocycles. The molecule has 1 unspecified atom stereocenters. The average Bonchev–Trinajstić information content (AvgIpc) is 2.58. The summed E-state index contributed by atoms with van der Waals surface area (Å²) in [5.41, 5.74) is 3.77. The molecule has 4 nitrogen and oxygen atoms in total. The Morgan fingerprint density at radius 3 is 2.65 bits per heavy atom. The molecule has 4 heteroatoms. The van der Waals surface area contributed by atoms with Gasteiger partial charge in [0.1, 0.15) is 6.10 Å². The van der Waals surface area contributed by atoms with E-state index in [1.165, 1.54) is 0 Å². The van der Waals surface area contributed by atoms with E-state index in [0.29, 0.717) is 12.1 Å². The molecule has 1 atom stereocenters. The van der Waals surface area contributed by atoms with Crippen LogP contribution in [0.4, 0.5) is 0 Å². The smallest absolute Gasteiger partial charge is 0.101 e. The summed E-state index contributed by atoms with van der Waals surface area (Å²) in [6.45, 7) is 3.92. The zero-order valence-corrected chi connectivity index (χ0v) is 10.4. The Morgan fingerprint density at radius 2 is 2.12 bits per heavy atom. The van der Waals surface area contributed by atoms with E-state index in [2.05, 4.69) is 10.1 Å². The maximum absolute atomic E-state index is 10.1. The first-order valence-electron chi connectivity index (χ1n) is 5.66. The van der Waals surface area contributed by atoms with E-state index in [0.717, 1.165) is 17.0 Å². The van der Waals surface area contributed by atoms with Crippen molar-refractivity contribution in [3.63, 3.8) is 0 Å². The second-order valence-corrected chi connectivity index (χ2v) is 4.38. The van der Waals surface area contributed by atoms with Crippen LogP contribution in [0.1, 0.15) is 28.7 Å². The van der Waals surface area contributed by atoms with Crippen LogP contribution in [-0.2, 0) is 13.5 Å². The lowest BCUT2D eigenvalue weighted by molar-refractivity contribution is 0.171. The monoisotopic (exact) mass is 231 g/mol. The van der Waals surface area contributed by atoms with Crippen LogP contribution in [0.15, 0.2) is 24.4 Å². The molecule has 2 rings (SSSR count). The number of aromatic nitrogens is 3. The fourth-order valence-corrected chi connectivity index (χ4v) is 1.83. The fraction of sp³-hybridized carbons (Fsp3) is 0.385. The van der Waals surface area contributed by atoms with Gasteiger partial charge in [0.2, 0.25) is 0 Å². The van der Waals surface area contributed by atoms with Gasteiger partial charge in [-0.25, -0.2) is 0 Å². The minimum absolute atomic E-state index is 0.535. The lowest BCUT2D eigenvalue weighted by Crippen LogP contribution is -2.07. The Morgan fingerprint density at radius 1 is 1.35 bits per heavy atom. The Labute approximate surface area is 101 Å². The van der Waals surface area contributed by atoms with E-state index in [4.69, 9.17) is 0 Å². The number of hydrogen-bond acceptors (Lipinski definition) is 3. The first-order chi connectivity index (χ1) is 8.06. The van der Waals surface area contributed by atoms with Gasteiger partial charge in [0.05, 0.1) is 11.4 Å². The van der Waals surface area contributed by atoms with Gasteiger partial charge < -0.3 is 5.11 Å². The molecule has 0 saturated heterocycles. The van der Waals surface area contributed by atoms with Gasteiger partial charge >= 0.3 is 0 Å². The molecule has 0 radical (unpaired) electrons. The number of hydrogen-bond donors (Lipinski definition) is 1. The maximum Gasteiger partial charge on any atom is 0.101 e. The molecule has 0 fully saturated rings. The van der Waals surface area contributed by atoms with Crippen LogP contribution in [0.5, 0.6) is 0 Å². The highest BCUT2D eigenvalue weighted by Crippen LogP contribution is 2.16. The number of aryl methyl sites for hydroxylation is 3. The number of rotatable bonds is 3. The van der Waals surface area contributed by atoms with Crippen molar-refractivity contribution in [2.24, 2.45) is 7.05 Å². The third-order valence-electron chi connectivity index (χ3n) is 2.78. The summed E-state index contributed by atoms with van der Waals surface area (Å²) in [5.74, 6) is 0. The molecule has 2 aromatic rings. The highest BCUT2D eigenvalue weighted by Gasteiger charge is 2.12. The van der Waals surface area contributed by atoms with Crippen LogP contribution >= 0.6 is 0 Å².